The third kappa shape index (κ3) is 4.15. The van der Waals surface area contributed by atoms with E-state index in [1.165, 1.54) is 27.8 Å². The molecular weight excluding hydrogens is 378 g/mol. The molecule has 4 rings (SSSR count). The van der Waals surface area contributed by atoms with E-state index in [2.05, 4.69) is 15.2 Å². The maximum absolute atomic E-state index is 8.31. The molecule has 0 aliphatic carbocycles. The quantitative estimate of drug-likeness (QED) is 0.304. The van der Waals surface area contributed by atoms with Gasteiger partial charge in [0.15, 0.2) is 10.2 Å². The van der Waals surface area contributed by atoms with Gasteiger partial charge >= 0.3 is 0 Å². The fraction of sp³-hybridized carbons (Fsp3) is 0.167. The van der Waals surface area contributed by atoms with Crippen molar-refractivity contribution in [3.63, 3.8) is 0 Å². The summed E-state index contributed by atoms with van der Waals surface area (Å²) in [4.78, 5) is 5.41. The number of aromatic nitrogens is 5. The highest BCUT2D eigenvalue weighted by Crippen LogP contribution is 2.24. The van der Waals surface area contributed by atoms with Crippen molar-refractivity contribution in [2.75, 3.05) is 0 Å². The molecule has 0 unspecified atom stereocenters. The smallest absolute Gasteiger partial charge is 0.207 e. The SMILES string of the molecule is CC.Cn1cc(-c2nn(C(=N)Sc3ccc4ncccc4c3)c(=N)s2)cn1. The lowest BCUT2D eigenvalue weighted by atomic mass is 10.2. The molecule has 27 heavy (non-hydrogen) atoms. The van der Waals surface area contributed by atoms with Crippen LogP contribution in [0.3, 0.4) is 0 Å². The molecule has 0 atom stereocenters. The highest BCUT2D eigenvalue weighted by atomic mass is 32.2. The molecule has 138 valence electrons. The Kier molecular flexibility index (Phi) is 5.82. The van der Waals surface area contributed by atoms with Gasteiger partial charge in [-0.2, -0.15) is 14.9 Å². The summed E-state index contributed by atoms with van der Waals surface area (Å²) in [5, 5.41) is 26.8. The van der Waals surface area contributed by atoms with Crippen molar-refractivity contribution in [3.05, 3.63) is 53.7 Å². The zero-order chi connectivity index (χ0) is 19.4. The van der Waals surface area contributed by atoms with Gasteiger partial charge in [0.1, 0.15) is 0 Å². The van der Waals surface area contributed by atoms with E-state index >= 15 is 0 Å². The number of pyridine rings is 1. The Bertz CT molecular complexity index is 1140. The van der Waals surface area contributed by atoms with Crippen LogP contribution in [0.25, 0.3) is 21.5 Å². The van der Waals surface area contributed by atoms with E-state index in [0.29, 0.717) is 5.01 Å². The summed E-state index contributed by atoms with van der Waals surface area (Å²) in [6, 6.07) is 9.72. The lowest BCUT2D eigenvalue weighted by Gasteiger charge is -2.04. The van der Waals surface area contributed by atoms with Crippen LogP contribution in [0.4, 0.5) is 0 Å². The van der Waals surface area contributed by atoms with Crippen LogP contribution in [0.1, 0.15) is 13.8 Å². The molecule has 0 fully saturated rings. The molecule has 7 nitrogen and oxygen atoms in total. The highest BCUT2D eigenvalue weighted by molar-refractivity contribution is 8.13. The number of rotatable bonds is 2. The van der Waals surface area contributed by atoms with Crippen LogP contribution in [0.5, 0.6) is 0 Å². The van der Waals surface area contributed by atoms with Gasteiger partial charge in [0, 0.05) is 29.7 Å². The maximum Gasteiger partial charge on any atom is 0.207 e. The molecule has 0 saturated carbocycles. The molecule has 3 heterocycles. The number of fused-ring (bicyclic) bond motifs is 1. The number of benzene rings is 1. The van der Waals surface area contributed by atoms with E-state index in [-0.39, 0.29) is 9.97 Å². The molecule has 3 aromatic heterocycles. The Balaban J connectivity index is 0.00000102. The second-order valence-corrected chi connectivity index (χ2v) is 7.33. The summed E-state index contributed by atoms with van der Waals surface area (Å²) in [5.74, 6) is 0. The molecule has 0 aliphatic heterocycles. The van der Waals surface area contributed by atoms with Gasteiger partial charge in [0.05, 0.1) is 17.3 Å². The monoisotopic (exact) mass is 397 g/mol. The molecule has 0 spiro atoms. The first kappa shape index (κ1) is 19.0. The van der Waals surface area contributed by atoms with Gasteiger partial charge in [0.2, 0.25) is 4.80 Å². The minimum atomic E-state index is 0.180. The predicted molar refractivity (Wildman–Crippen MR) is 110 cm³/mol. The van der Waals surface area contributed by atoms with E-state index in [4.69, 9.17) is 10.8 Å². The van der Waals surface area contributed by atoms with Crippen molar-refractivity contribution in [1.82, 2.24) is 24.5 Å². The van der Waals surface area contributed by atoms with Crippen molar-refractivity contribution in [3.8, 4) is 10.6 Å². The Morgan fingerprint density at radius 1 is 1.22 bits per heavy atom. The van der Waals surface area contributed by atoms with Crippen LogP contribution in [-0.4, -0.2) is 29.7 Å². The molecule has 0 amide bonds. The molecule has 0 aliphatic rings. The minimum Gasteiger partial charge on any atom is -0.277 e. The average Bonchev–Trinajstić information content (AvgIpc) is 3.29. The van der Waals surface area contributed by atoms with Crippen LogP contribution in [0.15, 0.2) is 53.8 Å². The molecule has 9 heteroatoms. The first-order valence-electron chi connectivity index (χ1n) is 8.35. The summed E-state index contributed by atoms with van der Waals surface area (Å²) >= 11 is 2.48. The van der Waals surface area contributed by atoms with E-state index in [9.17, 15) is 0 Å². The van der Waals surface area contributed by atoms with E-state index in [0.717, 1.165) is 21.4 Å². The largest absolute Gasteiger partial charge is 0.277 e. The number of thioether (sulfide) groups is 1. The normalized spacial score (nSPS) is 10.5. The van der Waals surface area contributed by atoms with Crippen LogP contribution < -0.4 is 4.80 Å². The van der Waals surface area contributed by atoms with Gasteiger partial charge < -0.3 is 0 Å². The van der Waals surface area contributed by atoms with Crippen LogP contribution in [0.2, 0.25) is 0 Å². The van der Waals surface area contributed by atoms with E-state index in [1.807, 2.05) is 57.4 Å². The summed E-state index contributed by atoms with van der Waals surface area (Å²) in [6.45, 7) is 4.00. The van der Waals surface area contributed by atoms with Crippen molar-refractivity contribution in [2.45, 2.75) is 18.7 Å². The molecule has 0 bridgehead atoms. The van der Waals surface area contributed by atoms with Crippen LogP contribution in [-0.2, 0) is 7.05 Å². The van der Waals surface area contributed by atoms with Crippen molar-refractivity contribution < 1.29 is 0 Å². The number of nitrogens with zero attached hydrogens (tertiary/aromatic N) is 5. The van der Waals surface area contributed by atoms with Crippen molar-refractivity contribution >= 4 is 39.2 Å². The topological polar surface area (TPSA) is 96.2 Å². The summed E-state index contributed by atoms with van der Waals surface area (Å²) < 4.78 is 3.03. The van der Waals surface area contributed by atoms with Gasteiger partial charge in [-0.3, -0.25) is 20.5 Å². The summed E-state index contributed by atoms with van der Waals surface area (Å²) in [7, 11) is 1.83. The van der Waals surface area contributed by atoms with Gasteiger partial charge in [-0.1, -0.05) is 43.0 Å². The fourth-order valence-electron chi connectivity index (χ4n) is 2.35. The molecule has 1 aromatic carbocycles. The third-order valence-corrected chi connectivity index (χ3v) is 5.24. The number of nitrogens with one attached hydrogen (secondary N) is 2. The number of aryl methyl sites for hydroxylation is 1. The highest BCUT2D eigenvalue weighted by Gasteiger charge is 2.13. The van der Waals surface area contributed by atoms with Gasteiger partial charge in [0.25, 0.3) is 0 Å². The fourth-order valence-corrected chi connectivity index (χ4v) is 3.92. The second kappa shape index (κ2) is 8.28. The van der Waals surface area contributed by atoms with Crippen molar-refractivity contribution in [2.24, 2.45) is 7.05 Å². The second-order valence-electron chi connectivity index (χ2n) is 5.29. The van der Waals surface area contributed by atoms with E-state index in [1.54, 1.807) is 17.1 Å². The molecule has 4 aromatic rings. The third-order valence-electron chi connectivity index (χ3n) is 3.51. The number of hydrogen-bond acceptors (Lipinski definition) is 7. The Morgan fingerprint density at radius 3 is 2.78 bits per heavy atom. The molecule has 2 N–H and O–H groups in total. The Hall–Kier alpha value is -2.78. The first-order chi connectivity index (χ1) is 13.1. The van der Waals surface area contributed by atoms with Gasteiger partial charge in [-0.25, -0.2) is 0 Å². The molecule has 0 radical (unpaired) electrons. The standard InChI is InChI=1S/C16H13N7S2.C2H6/c1-22-9-11(8-20-22)14-21-23(16(18)25-14)15(17)24-12-4-5-13-10(7-12)3-2-6-19-13;1-2/h2-9,17-18H,1H3;1-2H3. The molecular formula is C18H19N7S2. The predicted octanol–water partition coefficient (Wildman–Crippen LogP) is 3.97. The van der Waals surface area contributed by atoms with E-state index < -0.39 is 0 Å². The van der Waals surface area contributed by atoms with Crippen LogP contribution in [0, 0.1) is 10.8 Å². The number of hydrogen-bond donors (Lipinski definition) is 2. The Labute approximate surface area is 164 Å². The van der Waals surface area contributed by atoms with Crippen molar-refractivity contribution in [1.29, 1.82) is 10.8 Å². The van der Waals surface area contributed by atoms with Gasteiger partial charge in [-0.05, 0) is 24.3 Å². The lowest BCUT2D eigenvalue weighted by Crippen LogP contribution is -2.20. The summed E-state index contributed by atoms with van der Waals surface area (Å²) in [5.41, 5.74) is 1.76. The Morgan fingerprint density at radius 2 is 2.04 bits per heavy atom. The average molecular weight is 398 g/mol. The zero-order valence-electron chi connectivity index (χ0n) is 15.2. The maximum atomic E-state index is 8.31. The summed E-state index contributed by atoms with van der Waals surface area (Å²) in [6.07, 6.45) is 5.31. The lowest BCUT2D eigenvalue weighted by molar-refractivity contribution is 0.768. The zero-order valence-corrected chi connectivity index (χ0v) is 16.8. The molecule has 0 saturated heterocycles. The first-order valence-corrected chi connectivity index (χ1v) is 9.99. The van der Waals surface area contributed by atoms with Crippen LogP contribution >= 0.6 is 23.1 Å². The van der Waals surface area contributed by atoms with Gasteiger partial charge in [-0.15, -0.1) is 0 Å². The minimum absolute atomic E-state index is 0.180.